The molecule has 2 heterocycles. The van der Waals surface area contributed by atoms with Crippen molar-refractivity contribution in [2.75, 3.05) is 26.3 Å². The van der Waals surface area contributed by atoms with Gasteiger partial charge in [-0.3, -0.25) is 0 Å². The molecule has 1 unspecified atom stereocenters. The number of ether oxygens (including phenoxy) is 4. The molecule has 60 heavy (non-hydrogen) atoms. The molecule has 4 N–H and O–H groups in total. The van der Waals surface area contributed by atoms with Gasteiger partial charge < -0.3 is 35.3 Å². The summed E-state index contributed by atoms with van der Waals surface area (Å²) >= 11 is 0. The fraction of sp³-hybridized carbons (Fsp3) is 0.302. The number of rotatable bonds is 19. The summed E-state index contributed by atoms with van der Waals surface area (Å²) < 4.78 is 22.6. The molecule has 17 heteroatoms. The lowest BCUT2D eigenvalue weighted by Crippen LogP contribution is -2.44. The number of carbonyl (C=O) groups is 2. The summed E-state index contributed by atoms with van der Waals surface area (Å²) in [6.07, 6.45) is -0.236. The summed E-state index contributed by atoms with van der Waals surface area (Å²) in [6.45, 7) is 6.87. The Labute approximate surface area is 347 Å². The Hall–Kier alpha value is -6.82. The van der Waals surface area contributed by atoms with E-state index in [1.165, 1.54) is 0 Å². The predicted octanol–water partition coefficient (Wildman–Crippen LogP) is 5.93. The van der Waals surface area contributed by atoms with Crippen molar-refractivity contribution in [1.29, 1.82) is 0 Å². The molecule has 0 bridgehead atoms. The van der Waals surface area contributed by atoms with Crippen molar-refractivity contribution in [3.8, 4) is 45.6 Å². The van der Waals surface area contributed by atoms with E-state index >= 15 is 0 Å². The fourth-order valence-corrected chi connectivity index (χ4v) is 5.56. The minimum absolute atomic E-state index is 0.0764. The SMILES string of the molecule is CC(C)(CCOC(C)(N)CCNC(=O)OCc1ccc(-c2nnc(-c3ccccc3)nn2)cc1)OCCNC(=O)OCc1ccc(-c2nnc(-c3ccccc3)nn2)cc1. The second-order valence-electron chi connectivity index (χ2n) is 14.5. The van der Waals surface area contributed by atoms with Gasteiger partial charge in [0.25, 0.3) is 0 Å². The zero-order valence-electron chi connectivity index (χ0n) is 33.7. The maximum Gasteiger partial charge on any atom is 0.407 e. The van der Waals surface area contributed by atoms with Gasteiger partial charge >= 0.3 is 12.2 Å². The zero-order chi connectivity index (χ0) is 42.2. The molecule has 0 aliphatic carbocycles. The summed E-state index contributed by atoms with van der Waals surface area (Å²) in [5.74, 6) is 1.68. The molecule has 0 spiro atoms. The molecule has 0 saturated heterocycles. The fourth-order valence-electron chi connectivity index (χ4n) is 5.56. The first-order valence-electron chi connectivity index (χ1n) is 19.3. The van der Waals surface area contributed by atoms with E-state index in [0.29, 0.717) is 42.7 Å². The van der Waals surface area contributed by atoms with Gasteiger partial charge in [-0.2, -0.15) is 0 Å². The number of nitrogens with two attached hydrogens (primary N) is 1. The third-order valence-corrected chi connectivity index (χ3v) is 9.08. The highest BCUT2D eigenvalue weighted by atomic mass is 16.6. The first-order chi connectivity index (χ1) is 29.0. The Bertz CT molecular complexity index is 2250. The minimum Gasteiger partial charge on any atom is -0.445 e. The normalized spacial score (nSPS) is 12.3. The van der Waals surface area contributed by atoms with Crippen molar-refractivity contribution in [2.24, 2.45) is 5.73 Å². The van der Waals surface area contributed by atoms with Crippen LogP contribution in [0.25, 0.3) is 45.6 Å². The highest BCUT2D eigenvalue weighted by Gasteiger charge is 2.23. The van der Waals surface area contributed by atoms with Crippen molar-refractivity contribution < 1.29 is 28.5 Å². The summed E-state index contributed by atoms with van der Waals surface area (Å²) in [4.78, 5) is 24.6. The van der Waals surface area contributed by atoms with Crippen LogP contribution in [0.2, 0.25) is 0 Å². The lowest BCUT2D eigenvalue weighted by Gasteiger charge is -2.29. The van der Waals surface area contributed by atoms with Crippen molar-refractivity contribution in [1.82, 2.24) is 51.4 Å². The Balaban J connectivity index is 0.800. The molecule has 0 aliphatic rings. The molecule has 6 aromatic rings. The third-order valence-electron chi connectivity index (χ3n) is 9.08. The van der Waals surface area contributed by atoms with Gasteiger partial charge in [0.1, 0.15) is 18.9 Å². The van der Waals surface area contributed by atoms with Crippen molar-refractivity contribution in [3.63, 3.8) is 0 Å². The number of carbonyl (C=O) groups excluding carboxylic acids is 2. The molecule has 1 atom stereocenters. The smallest absolute Gasteiger partial charge is 0.407 e. The van der Waals surface area contributed by atoms with Crippen LogP contribution < -0.4 is 16.4 Å². The summed E-state index contributed by atoms with van der Waals surface area (Å²) in [5, 5.41) is 38.9. The highest BCUT2D eigenvalue weighted by Crippen LogP contribution is 2.20. The molecule has 6 rings (SSSR count). The van der Waals surface area contributed by atoms with Crippen LogP contribution in [-0.4, -0.2) is 90.6 Å². The van der Waals surface area contributed by atoms with Gasteiger partial charge in [-0.15, -0.1) is 40.8 Å². The van der Waals surface area contributed by atoms with E-state index in [4.69, 9.17) is 24.7 Å². The van der Waals surface area contributed by atoms with Gasteiger partial charge in [-0.25, -0.2) is 9.59 Å². The Morgan fingerprint density at radius 2 is 0.883 bits per heavy atom. The molecule has 310 valence electrons. The lowest BCUT2D eigenvalue weighted by atomic mass is 10.1. The largest absolute Gasteiger partial charge is 0.445 e. The van der Waals surface area contributed by atoms with Crippen LogP contribution in [0.5, 0.6) is 0 Å². The average Bonchev–Trinajstić information content (AvgIpc) is 3.27. The van der Waals surface area contributed by atoms with Gasteiger partial charge in [0.05, 0.1) is 18.8 Å². The number of amides is 2. The second kappa shape index (κ2) is 20.7. The van der Waals surface area contributed by atoms with E-state index in [1.807, 2.05) is 123 Å². The first kappa shape index (κ1) is 42.8. The van der Waals surface area contributed by atoms with Crippen LogP contribution in [-0.2, 0) is 32.2 Å². The van der Waals surface area contributed by atoms with E-state index < -0.39 is 23.5 Å². The van der Waals surface area contributed by atoms with Crippen LogP contribution in [0, 0.1) is 0 Å². The van der Waals surface area contributed by atoms with Gasteiger partial charge in [0, 0.05) is 41.8 Å². The monoisotopic (exact) mass is 813 g/mol. The third kappa shape index (κ3) is 13.4. The number of hydrogen-bond donors (Lipinski definition) is 3. The molecule has 4 aromatic carbocycles. The molecule has 0 fully saturated rings. The van der Waals surface area contributed by atoms with Crippen LogP contribution in [0.1, 0.15) is 44.7 Å². The van der Waals surface area contributed by atoms with Crippen LogP contribution in [0.4, 0.5) is 9.59 Å². The maximum absolute atomic E-state index is 12.3. The molecule has 0 radical (unpaired) electrons. The Morgan fingerprint density at radius 3 is 1.30 bits per heavy atom. The number of nitrogens with zero attached hydrogens (tertiary/aromatic N) is 8. The van der Waals surface area contributed by atoms with Crippen LogP contribution in [0.3, 0.4) is 0 Å². The van der Waals surface area contributed by atoms with E-state index in [2.05, 4.69) is 51.4 Å². The number of benzene rings is 4. The minimum atomic E-state index is -0.994. The van der Waals surface area contributed by atoms with Gasteiger partial charge in [0.15, 0.2) is 0 Å². The molecule has 0 saturated carbocycles. The second-order valence-corrected chi connectivity index (χ2v) is 14.5. The summed E-state index contributed by atoms with van der Waals surface area (Å²) in [5.41, 5.74) is 9.52. The molecular weight excluding hydrogens is 767 g/mol. The molecule has 17 nitrogen and oxygen atoms in total. The Kier molecular flexibility index (Phi) is 14.8. The number of nitrogens with one attached hydrogen (secondary N) is 2. The summed E-state index contributed by atoms with van der Waals surface area (Å²) in [6, 6.07) is 33.6. The average molecular weight is 814 g/mol. The number of aromatic nitrogens is 8. The molecule has 2 amide bonds. The Morgan fingerprint density at radius 1 is 0.500 bits per heavy atom. The van der Waals surface area contributed by atoms with E-state index in [1.54, 1.807) is 6.92 Å². The highest BCUT2D eigenvalue weighted by molar-refractivity contribution is 5.67. The molecular formula is C43H47N11O6. The molecule has 2 aromatic heterocycles. The maximum atomic E-state index is 12.3. The van der Waals surface area contributed by atoms with E-state index in [-0.39, 0.29) is 32.9 Å². The quantitative estimate of drug-likeness (QED) is 0.0636. The van der Waals surface area contributed by atoms with E-state index in [0.717, 1.165) is 33.4 Å². The van der Waals surface area contributed by atoms with Crippen LogP contribution in [0.15, 0.2) is 109 Å². The lowest BCUT2D eigenvalue weighted by molar-refractivity contribution is -0.0775. The van der Waals surface area contributed by atoms with Crippen LogP contribution >= 0.6 is 0 Å². The number of hydrogen-bond acceptors (Lipinski definition) is 15. The van der Waals surface area contributed by atoms with Gasteiger partial charge in [-0.1, -0.05) is 109 Å². The topological polar surface area (TPSA) is 224 Å². The summed E-state index contributed by atoms with van der Waals surface area (Å²) in [7, 11) is 0. The van der Waals surface area contributed by atoms with Crippen molar-refractivity contribution in [3.05, 3.63) is 120 Å². The van der Waals surface area contributed by atoms with Crippen molar-refractivity contribution in [2.45, 2.75) is 58.2 Å². The first-order valence-corrected chi connectivity index (χ1v) is 19.3. The van der Waals surface area contributed by atoms with E-state index in [9.17, 15) is 9.59 Å². The number of alkyl carbamates (subject to hydrolysis) is 2. The predicted molar refractivity (Wildman–Crippen MR) is 221 cm³/mol. The van der Waals surface area contributed by atoms with Gasteiger partial charge in [-0.05, 0) is 38.3 Å². The molecule has 0 aliphatic heterocycles. The standard InChI is InChI=1S/C43H47N11O6/c1-42(2,59-27-25-46-41(56)58-29-31-16-20-35(21-17-31)39-53-49-37(50-54-39)33-12-8-5-9-13-33)23-26-60-43(3,44)22-24-45-40(55)57-28-30-14-18-34(19-15-30)38-51-47-36(48-52-38)32-10-6-4-7-11-32/h4-21H,22-29,44H2,1-3H3,(H,45,55)(H,46,56). The van der Waals surface area contributed by atoms with Crippen molar-refractivity contribution >= 4 is 12.2 Å². The zero-order valence-corrected chi connectivity index (χ0v) is 33.7. The van der Waals surface area contributed by atoms with Gasteiger partial charge in [0.2, 0.25) is 23.3 Å².